The lowest BCUT2D eigenvalue weighted by molar-refractivity contribution is -0.135. The Morgan fingerprint density at radius 1 is 1.33 bits per heavy atom. The van der Waals surface area contributed by atoms with Crippen molar-refractivity contribution in [3.63, 3.8) is 0 Å². The zero-order chi connectivity index (χ0) is 13.8. The van der Waals surface area contributed by atoms with Gasteiger partial charge in [0.05, 0.1) is 0 Å². The summed E-state index contributed by atoms with van der Waals surface area (Å²) in [6.45, 7) is 1.77. The Morgan fingerprint density at radius 3 is 2.56 bits per heavy atom. The Morgan fingerprint density at radius 2 is 2.00 bits per heavy atom. The second-order valence-corrected chi connectivity index (χ2v) is 4.23. The molecule has 1 unspecified atom stereocenters. The first-order chi connectivity index (χ1) is 8.33. The summed E-state index contributed by atoms with van der Waals surface area (Å²) in [6, 6.07) is 3.72. The molecule has 0 aliphatic carbocycles. The average molecular weight is 264 g/mol. The molecular weight excluding hydrogens is 248 g/mol. The highest BCUT2D eigenvalue weighted by atomic mass is 19.4. The number of aryl methyl sites for hydroxylation is 1. The van der Waals surface area contributed by atoms with Crippen LogP contribution in [0.25, 0.3) is 0 Å². The van der Waals surface area contributed by atoms with Gasteiger partial charge in [0, 0.05) is 12.5 Å². The molecule has 0 aromatic heterocycles. The van der Waals surface area contributed by atoms with Gasteiger partial charge in [-0.05, 0) is 43.0 Å². The van der Waals surface area contributed by atoms with Crippen LogP contribution >= 0.6 is 0 Å². The van der Waals surface area contributed by atoms with Gasteiger partial charge in [0.15, 0.2) is 0 Å². The molecule has 6 heteroatoms. The van der Waals surface area contributed by atoms with Crippen molar-refractivity contribution >= 4 is 0 Å². The molecule has 2 nitrogen and oxygen atoms in total. The summed E-state index contributed by atoms with van der Waals surface area (Å²) in [5, 5.41) is 0. The molecule has 1 aromatic carbocycles. The molecule has 0 fully saturated rings. The highest BCUT2D eigenvalue weighted by Crippen LogP contribution is 2.27. The Bertz CT molecular complexity index is 390. The van der Waals surface area contributed by atoms with Gasteiger partial charge in [0.25, 0.3) is 0 Å². The lowest BCUT2D eigenvalue weighted by atomic mass is 9.97. The molecule has 3 N–H and O–H groups in total. The van der Waals surface area contributed by atoms with Crippen molar-refractivity contribution < 1.29 is 17.6 Å². The van der Waals surface area contributed by atoms with Crippen LogP contribution in [0, 0.1) is 12.7 Å². The molecule has 0 saturated heterocycles. The Labute approximate surface area is 103 Å². The van der Waals surface area contributed by atoms with Crippen LogP contribution in [0.3, 0.4) is 0 Å². The van der Waals surface area contributed by atoms with E-state index in [9.17, 15) is 17.6 Å². The number of benzene rings is 1. The summed E-state index contributed by atoms with van der Waals surface area (Å²) in [4.78, 5) is 0. The zero-order valence-corrected chi connectivity index (χ0v) is 10.0. The van der Waals surface area contributed by atoms with Crippen molar-refractivity contribution in [1.29, 1.82) is 0 Å². The van der Waals surface area contributed by atoms with Crippen LogP contribution in [0.4, 0.5) is 17.6 Å². The smallest absolute Gasteiger partial charge is 0.271 e. The van der Waals surface area contributed by atoms with Crippen LogP contribution in [-0.4, -0.2) is 6.18 Å². The first-order valence-electron chi connectivity index (χ1n) is 5.62. The number of hydrazine groups is 1. The minimum absolute atomic E-state index is 0.0473. The zero-order valence-electron chi connectivity index (χ0n) is 10.0. The van der Waals surface area contributed by atoms with Crippen molar-refractivity contribution in [3.8, 4) is 0 Å². The van der Waals surface area contributed by atoms with E-state index in [2.05, 4.69) is 5.43 Å². The molecule has 0 aliphatic heterocycles. The molecule has 0 aliphatic rings. The van der Waals surface area contributed by atoms with Crippen molar-refractivity contribution in [3.05, 3.63) is 35.1 Å². The molecule has 1 aromatic rings. The maximum Gasteiger partial charge on any atom is 0.389 e. The highest BCUT2D eigenvalue weighted by molar-refractivity contribution is 5.29. The largest absolute Gasteiger partial charge is 0.389 e. The standard InChI is InChI=1S/C12H16F4N2/c1-8-4-5-9(13)7-10(8)11(18-17)3-2-6-12(14,15)16/h4-5,7,11,18H,2-3,6,17H2,1H3. The molecule has 0 spiro atoms. The van der Waals surface area contributed by atoms with Crippen molar-refractivity contribution in [2.24, 2.45) is 5.84 Å². The lowest BCUT2D eigenvalue weighted by Gasteiger charge is -2.19. The van der Waals surface area contributed by atoms with Crippen molar-refractivity contribution in [2.75, 3.05) is 0 Å². The molecule has 102 valence electrons. The quantitative estimate of drug-likeness (QED) is 0.486. The number of nitrogens with two attached hydrogens (primary N) is 1. The third-order valence-corrected chi connectivity index (χ3v) is 2.77. The summed E-state index contributed by atoms with van der Waals surface area (Å²) in [5.74, 6) is 4.90. The fraction of sp³-hybridized carbons (Fsp3) is 0.500. The maximum absolute atomic E-state index is 13.1. The summed E-state index contributed by atoms with van der Waals surface area (Å²) in [7, 11) is 0. The summed E-state index contributed by atoms with van der Waals surface area (Å²) >= 11 is 0. The molecule has 18 heavy (non-hydrogen) atoms. The predicted molar refractivity (Wildman–Crippen MR) is 61.1 cm³/mol. The molecule has 0 saturated carbocycles. The fourth-order valence-electron chi connectivity index (χ4n) is 1.82. The molecule has 0 bridgehead atoms. The van der Waals surface area contributed by atoms with E-state index in [1.54, 1.807) is 13.0 Å². The van der Waals surface area contributed by atoms with Crippen LogP contribution in [-0.2, 0) is 0 Å². The molecule has 0 amide bonds. The number of hydrogen-bond acceptors (Lipinski definition) is 2. The van der Waals surface area contributed by atoms with E-state index >= 15 is 0 Å². The summed E-state index contributed by atoms with van der Waals surface area (Å²) < 4.78 is 49.2. The number of rotatable bonds is 5. The predicted octanol–water partition coefficient (Wildman–Crippen LogP) is 3.37. The Kier molecular flexibility index (Phi) is 5.10. The van der Waals surface area contributed by atoms with Crippen LogP contribution in [0.1, 0.15) is 36.4 Å². The Hall–Kier alpha value is -1.14. The highest BCUT2D eigenvalue weighted by Gasteiger charge is 2.27. The van der Waals surface area contributed by atoms with Crippen LogP contribution in [0.5, 0.6) is 0 Å². The van der Waals surface area contributed by atoms with E-state index in [1.165, 1.54) is 12.1 Å². The molecular formula is C12H16F4N2. The van der Waals surface area contributed by atoms with Gasteiger partial charge in [-0.2, -0.15) is 13.2 Å². The Balaban J connectivity index is 2.68. The fourth-order valence-corrected chi connectivity index (χ4v) is 1.82. The van der Waals surface area contributed by atoms with E-state index in [0.717, 1.165) is 5.56 Å². The van der Waals surface area contributed by atoms with Gasteiger partial charge in [-0.1, -0.05) is 6.07 Å². The van der Waals surface area contributed by atoms with Crippen LogP contribution in [0.2, 0.25) is 0 Å². The number of alkyl halides is 3. The third-order valence-electron chi connectivity index (χ3n) is 2.77. The van der Waals surface area contributed by atoms with Crippen molar-refractivity contribution in [2.45, 2.75) is 38.4 Å². The topological polar surface area (TPSA) is 38.0 Å². The molecule has 0 heterocycles. The normalized spacial score (nSPS) is 13.7. The lowest BCUT2D eigenvalue weighted by Crippen LogP contribution is -2.29. The van der Waals surface area contributed by atoms with Gasteiger partial charge < -0.3 is 0 Å². The van der Waals surface area contributed by atoms with Crippen molar-refractivity contribution in [1.82, 2.24) is 5.43 Å². The second kappa shape index (κ2) is 6.15. The van der Waals surface area contributed by atoms with Gasteiger partial charge in [-0.15, -0.1) is 0 Å². The molecule has 0 radical (unpaired) electrons. The van der Waals surface area contributed by atoms with Gasteiger partial charge in [-0.25, -0.2) is 4.39 Å². The van der Waals surface area contributed by atoms with E-state index < -0.39 is 24.5 Å². The minimum atomic E-state index is -4.17. The monoisotopic (exact) mass is 264 g/mol. The van der Waals surface area contributed by atoms with Gasteiger partial charge in [0.2, 0.25) is 0 Å². The van der Waals surface area contributed by atoms with E-state index in [1.807, 2.05) is 0 Å². The second-order valence-electron chi connectivity index (χ2n) is 4.23. The van der Waals surface area contributed by atoms with Gasteiger partial charge >= 0.3 is 6.18 Å². The number of nitrogens with one attached hydrogen (secondary N) is 1. The summed E-state index contributed by atoms with van der Waals surface area (Å²) in [5.41, 5.74) is 3.83. The molecule has 1 atom stereocenters. The average Bonchev–Trinajstić information content (AvgIpc) is 2.27. The minimum Gasteiger partial charge on any atom is -0.271 e. The third kappa shape index (κ3) is 4.62. The number of halogens is 4. The summed E-state index contributed by atoms with van der Waals surface area (Å²) in [6.07, 6.45) is -4.87. The van der Waals surface area contributed by atoms with Gasteiger partial charge in [0.1, 0.15) is 5.82 Å². The van der Waals surface area contributed by atoms with Crippen LogP contribution in [0.15, 0.2) is 18.2 Å². The van der Waals surface area contributed by atoms with Gasteiger partial charge in [-0.3, -0.25) is 11.3 Å². The SMILES string of the molecule is Cc1ccc(F)cc1C(CCCC(F)(F)F)NN. The van der Waals surface area contributed by atoms with E-state index in [-0.39, 0.29) is 12.8 Å². The first kappa shape index (κ1) is 14.9. The number of hydrogen-bond donors (Lipinski definition) is 2. The van der Waals surface area contributed by atoms with E-state index in [0.29, 0.717) is 5.56 Å². The van der Waals surface area contributed by atoms with E-state index in [4.69, 9.17) is 5.84 Å². The van der Waals surface area contributed by atoms with Crippen LogP contribution < -0.4 is 11.3 Å². The first-order valence-corrected chi connectivity index (χ1v) is 5.62. The maximum atomic E-state index is 13.1. The molecule has 1 rings (SSSR count).